The normalized spacial score (nSPS) is 10.8. The molecule has 2 N–H and O–H groups in total. The first-order chi connectivity index (χ1) is 15.7. The fourth-order valence-electron chi connectivity index (χ4n) is 3.96. The Labute approximate surface area is 190 Å². The number of rotatable bonds is 4. The summed E-state index contributed by atoms with van der Waals surface area (Å²) in [7, 11) is 5.83. The summed E-state index contributed by atoms with van der Waals surface area (Å²) in [5.41, 5.74) is 16.9. The van der Waals surface area contributed by atoms with Crippen molar-refractivity contribution in [1.82, 2.24) is 0 Å². The van der Waals surface area contributed by atoms with Crippen LogP contribution in [0.1, 0.15) is 0 Å². The molecule has 2 radical (unpaired) electrons. The fraction of sp³-hybridized carbons (Fsp3) is 0. The van der Waals surface area contributed by atoms with Crippen LogP contribution in [0.15, 0.2) is 121 Å². The summed E-state index contributed by atoms with van der Waals surface area (Å²) in [5, 5.41) is 0. The number of hydrogen-bond donors (Lipinski definition) is 1. The second kappa shape index (κ2) is 8.60. The first-order valence-corrected chi connectivity index (χ1v) is 10.7. The molecule has 5 aromatic rings. The van der Waals surface area contributed by atoms with E-state index in [1.165, 1.54) is 33.4 Å². The molecule has 0 amide bonds. The summed E-state index contributed by atoms with van der Waals surface area (Å²) < 4.78 is 0. The predicted octanol–water partition coefficient (Wildman–Crippen LogP) is 6.73. The maximum absolute atomic E-state index is 5.83. The summed E-state index contributed by atoms with van der Waals surface area (Å²) >= 11 is 0. The quantitative estimate of drug-likeness (QED) is 0.259. The Morgan fingerprint density at radius 3 is 1.06 bits per heavy atom. The lowest BCUT2D eigenvalue weighted by Crippen LogP contribution is -1.99. The average molecular weight is 407 g/mol. The molecule has 32 heavy (non-hydrogen) atoms. The summed E-state index contributed by atoms with van der Waals surface area (Å²) in [6, 6.07) is 42.0. The smallest absolute Gasteiger partial charge is 0.113 e. The van der Waals surface area contributed by atoms with Gasteiger partial charge in [0.2, 0.25) is 0 Å². The minimum Gasteiger partial charge on any atom is -0.399 e. The summed E-state index contributed by atoms with van der Waals surface area (Å²) in [6.45, 7) is 0. The minimum absolute atomic E-state index is 0.779. The van der Waals surface area contributed by atoms with Crippen molar-refractivity contribution < 1.29 is 0 Å². The van der Waals surface area contributed by atoms with E-state index < -0.39 is 0 Å². The lowest BCUT2D eigenvalue weighted by atomic mass is 9.92. The lowest BCUT2D eigenvalue weighted by molar-refractivity contribution is 1.57. The average Bonchev–Trinajstić information content (AvgIpc) is 2.85. The van der Waals surface area contributed by atoms with E-state index >= 15 is 0 Å². The second-order valence-corrected chi connectivity index (χ2v) is 7.98. The molecule has 0 saturated heterocycles. The molecule has 0 saturated carbocycles. The largest absolute Gasteiger partial charge is 0.399 e. The Morgan fingerprint density at radius 2 is 0.688 bits per heavy atom. The first-order valence-electron chi connectivity index (χ1n) is 10.7. The molecule has 0 bridgehead atoms. The van der Waals surface area contributed by atoms with Crippen LogP contribution >= 0.6 is 0 Å². The Kier molecular flexibility index (Phi) is 5.35. The van der Waals surface area contributed by atoms with Crippen LogP contribution in [0.25, 0.3) is 44.5 Å². The maximum Gasteiger partial charge on any atom is 0.113 e. The molecule has 1 nitrogen and oxygen atoms in total. The van der Waals surface area contributed by atoms with E-state index in [2.05, 4.69) is 97.1 Å². The zero-order valence-electron chi connectivity index (χ0n) is 17.7. The van der Waals surface area contributed by atoms with Gasteiger partial charge in [-0.3, -0.25) is 0 Å². The molecule has 0 unspecified atom stereocenters. The van der Waals surface area contributed by atoms with Crippen molar-refractivity contribution >= 4 is 19.0 Å². The van der Waals surface area contributed by atoms with E-state index in [4.69, 9.17) is 13.6 Å². The van der Waals surface area contributed by atoms with Crippen molar-refractivity contribution in [3.05, 3.63) is 121 Å². The molecule has 0 aliphatic carbocycles. The van der Waals surface area contributed by atoms with Crippen molar-refractivity contribution in [2.45, 2.75) is 0 Å². The van der Waals surface area contributed by atoms with Crippen molar-refractivity contribution in [3.8, 4) is 44.5 Å². The molecule has 2 heteroatoms. The molecule has 0 aliphatic rings. The highest BCUT2D eigenvalue weighted by atomic mass is 14.5. The Morgan fingerprint density at radius 1 is 0.375 bits per heavy atom. The van der Waals surface area contributed by atoms with Gasteiger partial charge in [-0.25, -0.2) is 0 Å². The summed E-state index contributed by atoms with van der Waals surface area (Å²) in [5.74, 6) is 0. The minimum atomic E-state index is 0.779. The second-order valence-electron chi connectivity index (χ2n) is 7.98. The molecule has 0 heterocycles. The van der Waals surface area contributed by atoms with Gasteiger partial charge in [-0.15, -0.1) is 0 Å². The van der Waals surface area contributed by atoms with Gasteiger partial charge in [0.05, 0.1) is 0 Å². The standard InChI is InChI=1S/C30H22BN/c31-29-15-11-23(12-16-29)27-5-1-3-25(19-27)21-7-9-22(10-8-21)26-4-2-6-28(20-26)24-13-17-30(32)18-14-24/h1-20H,32H2. The van der Waals surface area contributed by atoms with Gasteiger partial charge in [0, 0.05) is 5.69 Å². The SMILES string of the molecule is [B]c1ccc(-c2cccc(-c3ccc(-c4cccc(-c5ccc(N)cc5)c4)cc3)c2)cc1. The highest BCUT2D eigenvalue weighted by molar-refractivity contribution is 6.32. The van der Waals surface area contributed by atoms with Crippen LogP contribution in [0.2, 0.25) is 0 Å². The van der Waals surface area contributed by atoms with Gasteiger partial charge in [-0.2, -0.15) is 0 Å². The Bertz CT molecular complexity index is 1240. The van der Waals surface area contributed by atoms with Crippen molar-refractivity contribution in [3.63, 3.8) is 0 Å². The zero-order valence-corrected chi connectivity index (χ0v) is 17.7. The monoisotopic (exact) mass is 407 g/mol. The van der Waals surface area contributed by atoms with E-state index in [-0.39, 0.29) is 0 Å². The van der Waals surface area contributed by atoms with E-state index in [1.807, 2.05) is 24.3 Å². The third-order valence-electron chi connectivity index (χ3n) is 5.76. The maximum atomic E-state index is 5.83. The number of anilines is 1. The number of nitrogens with two attached hydrogens (primary N) is 1. The molecule has 0 aliphatic heterocycles. The topological polar surface area (TPSA) is 26.0 Å². The molecule has 5 aromatic carbocycles. The van der Waals surface area contributed by atoms with E-state index in [0.29, 0.717) is 0 Å². The van der Waals surface area contributed by atoms with Crippen LogP contribution < -0.4 is 11.2 Å². The third-order valence-corrected chi connectivity index (χ3v) is 5.76. The molecule has 0 aromatic heterocycles. The summed E-state index contributed by atoms with van der Waals surface area (Å²) in [6.07, 6.45) is 0. The van der Waals surface area contributed by atoms with Crippen LogP contribution in [0, 0.1) is 0 Å². The predicted molar refractivity (Wildman–Crippen MR) is 138 cm³/mol. The van der Waals surface area contributed by atoms with Crippen LogP contribution in [-0.4, -0.2) is 7.85 Å². The van der Waals surface area contributed by atoms with E-state index in [9.17, 15) is 0 Å². The van der Waals surface area contributed by atoms with Gasteiger partial charge in [0.25, 0.3) is 0 Å². The zero-order chi connectivity index (χ0) is 21.9. The van der Waals surface area contributed by atoms with E-state index in [1.54, 1.807) is 0 Å². The molecular formula is C30H22BN. The first kappa shape index (κ1) is 19.9. The fourth-order valence-corrected chi connectivity index (χ4v) is 3.96. The van der Waals surface area contributed by atoms with Crippen LogP contribution in [-0.2, 0) is 0 Å². The van der Waals surface area contributed by atoms with Crippen LogP contribution in [0.3, 0.4) is 0 Å². The van der Waals surface area contributed by atoms with Crippen molar-refractivity contribution in [2.75, 3.05) is 5.73 Å². The van der Waals surface area contributed by atoms with Gasteiger partial charge >= 0.3 is 0 Å². The van der Waals surface area contributed by atoms with Gasteiger partial charge in [0.1, 0.15) is 7.85 Å². The molecule has 150 valence electrons. The van der Waals surface area contributed by atoms with Crippen molar-refractivity contribution in [2.24, 2.45) is 0 Å². The van der Waals surface area contributed by atoms with Gasteiger partial charge in [-0.05, 0) is 68.8 Å². The third kappa shape index (κ3) is 4.21. The Balaban J connectivity index is 1.43. The number of nitrogen functional groups attached to an aromatic ring is 1. The lowest BCUT2D eigenvalue weighted by Gasteiger charge is -2.09. The van der Waals surface area contributed by atoms with Gasteiger partial charge in [-0.1, -0.05) is 103 Å². The highest BCUT2D eigenvalue weighted by Gasteiger charge is 2.05. The molecule has 0 fully saturated rings. The van der Waals surface area contributed by atoms with Crippen LogP contribution in [0.4, 0.5) is 5.69 Å². The number of benzene rings is 5. The highest BCUT2D eigenvalue weighted by Crippen LogP contribution is 2.30. The van der Waals surface area contributed by atoms with Gasteiger partial charge < -0.3 is 5.73 Å². The van der Waals surface area contributed by atoms with Crippen LogP contribution in [0.5, 0.6) is 0 Å². The molecule has 5 rings (SSSR count). The number of hydrogen-bond acceptors (Lipinski definition) is 1. The Hall–Kier alpha value is -4.04. The van der Waals surface area contributed by atoms with E-state index in [0.717, 1.165) is 22.3 Å². The van der Waals surface area contributed by atoms with Gasteiger partial charge in [0.15, 0.2) is 0 Å². The molecular weight excluding hydrogens is 385 g/mol. The van der Waals surface area contributed by atoms with Crippen molar-refractivity contribution in [1.29, 1.82) is 0 Å². The molecule has 0 spiro atoms. The summed E-state index contributed by atoms with van der Waals surface area (Å²) in [4.78, 5) is 0. The molecule has 0 atom stereocenters.